The summed E-state index contributed by atoms with van der Waals surface area (Å²) in [5.41, 5.74) is 1.61. The molecule has 2 amide bonds. The number of anilines is 2. The van der Waals surface area contributed by atoms with Gasteiger partial charge in [0.1, 0.15) is 11.5 Å². The van der Waals surface area contributed by atoms with Crippen LogP contribution >= 0.6 is 0 Å². The largest absolute Gasteiger partial charge is 0.497 e. The van der Waals surface area contributed by atoms with Gasteiger partial charge in [-0.3, -0.25) is 9.59 Å². The third-order valence-corrected chi connectivity index (χ3v) is 4.41. The average Bonchev–Trinajstić information content (AvgIpc) is 3.49. The molecule has 1 fully saturated rings. The molecule has 0 aromatic heterocycles. The fraction of sp³-hybridized carbons (Fsp3) is 0.250. The molecule has 0 radical (unpaired) electrons. The minimum absolute atomic E-state index is 0.211. The van der Waals surface area contributed by atoms with Crippen molar-refractivity contribution in [1.82, 2.24) is 0 Å². The summed E-state index contributed by atoms with van der Waals surface area (Å²) in [6, 6.07) is 13.7. The van der Waals surface area contributed by atoms with Crippen LogP contribution in [0.1, 0.15) is 12.0 Å². The lowest BCUT2D eigenvalue weighted by atomic mass is 10.2. The normalized spacial score (nSPS) is 17.4. The molecule has 7 nitrogen and oxygen atoms in total. The maximum Gasteiger partial charge on any atom is 0.228 e. The molecule has 0 heterocycles. The van der Waals surface area contributed by atoms with E-state index in [4.69, 9.17) is 14.7 Å². The van der Waals surface area contributed by atoms with Crippen LogP contribution in [0.2, 0.25) is 0 Å². The van der Waals surface area contributed by atoms with Gasteiger partial charge in [0, 0.05) is 11.8 Å². The maximum absolute atomic E-state index is 12.5. The Hall–Kier alpha value is -3.53. The molecule has 1 saturated carbocycles. The van der Waals surface area contributed by atoms with Crippen LogP contribution in [0.5, 0.6) is 11.5 Å². The SMILES string of the molecule is COc1ccc(OC)c(NC(=O)C2CC2C(=O)Nc2ccc(C#N)cc2)c1. The molecule has 138 valence electrons. The summed E-state index contributed by atoms with van der Waals surface area (Å²) in [4.78, 5) is 24.8. The Kier molecular flexibility index (Phi) is 5.27. The molecule has 1 aliphatic carbocycles. The smallest absolute Gasteiger partial charge is 0.228 e. The highest BCUT2D eigenvalue weighted by Gasteiger charge is 2.48. The number of nitrogens with zero attached hydrogens (tertiary/aromatic N) is 1. The Morgan fingerprint density at radius 2 is 1.67 bits per heavy atom. The number of amides is 2. The van der Waals surface area contributed by atoms with Crippen LogP contribution in [0.25, 0.3) is 0 Å². The van der Waals surface area contributed by atoms with E-state index in [-0.39, 0.29) is 23.7 Å². The molecular weight excluding hydrogens is 346 g/mol. The summed E-state index contributed by atoms with van der Waals surface area (Å²) < 4.78 is 10.4. The molecule has 2 atom stereocenters. The second kappa shape index (κ2) is 7.79. The number of hydrogen-bond donors (Lipinski definition) is 2. The molecule has 0 aliphatic heterocycles. The minimum Gasteiger partial charge on any atom is -0.497 e. The van der Waals surface area contributed by atoms with Gasteiger partial charge in [0.05, 0.1) is 43.4 Å². The Labute approximate surface area is 156 Å². The van der Waals surface area contributed by atoms with Gasteiger partial charge in [0.25, 0.3) is 0 Å². The number of ether oxygens (including phenoxy) is 2. The van der Waals surface area contributed by atoms with Crippen molar-refractivity contribution in [3.63, 3.8) is 0 Å². The van der Waals surface area contributed by atoms with Gasteiger partial charge >= 0.3 is 0 Å². The Morgan fingerprint density at radius 3 is 2.26 bits per heavy atom. The number of methoxy groups -OCH3 is 2. The van der Waals surface area contributed by atoms with Crippen LogP contribution < -0.4 is 20.1 Å². The monoisotopic (exact) mass is 365 g/mol. The fourth-order valence-electron chi connectivity index (χ4n) is 2.77. The highest BCUT2D eigenvalue weighted by atomic mass is 16.5. The molecule has 2 unspecified atom stereocenters. The number of nitrogens with one attached hydrogen (secondary N) is 2. The van der Waals surface area contributed by atoms with Crippen LogP contribution in [0.3, 0.4) is 0 Å². The van der Waals surface area contributed by atoms with Crippen LogP contribution in [-0.2, 0) is 9.59 Å². The fourth-order valence-corrected chi connectivity index (χ4v) is 2.77. The van der Waals surface area contributed by atoms with Crippen LogP contribution in [0, 0.1) is 23.2 Å². The summed E-state index contributed by atoms with van der Waals surface area (Å²) in [5, 5.41) is 14.4. The predicted octanol–water partition coefficient (Wildman–Crippen LogP) is 2.79. The Bertz CT molecular complexity index is 902. The van der Waals surface area contributed by atoms with E-state index in [2.05, 4.69) is 10.6 Å². The van der Waals surface area contributed by atoms with Crippen LogP contribution in [0.4, 0.5) is 11.4 Å². The van der Waals surface area contributed by atoms with E-state index in [1.807, 2.05) is 6.07 Å². The molecule has 0 saturated heterocycles. The molecule has 2 aromatic carbocycles. The first-order valence-electron chi connectivity index (χ1n) is 8.39. The highest BCUT2D eigenvalue weighted by Crippen LogP contribution is 2.41. The van der Waals surface area contributed by atoms with Gasteiger partial charge in [0.2, 0.25) is 11.8 Å². The molecule has 7 heteroatoms. The lowest BCUT2D eigenvalue weighted by molar-refractivity contribution is -0.122. The number of nitriles is 1. The van der Waals surface area contributed by atoms with Crippen LogP contribution in [-0.4, -0.2) is 26.0 Å². The van der Waals surface area contributed by atoms with E-state index >= 15 is 0 Å². The Morgan fingerprint density at radius 1 is 1.00 bits per heavy atom. The third-order valence-electron chi connectivity index (χ3n) is 4.41. The predicted molar refractivity (Wildman–Crippen MR) is 99.6 cm³/mol. The lowest BCUT2D eigenvalue weighted by Gasteiger charge is -2.11. The number of carbonyl (C=O) groups is 2. The average molecular weight is 365 g/mol. The van der Waals surface area contributed by atoms with E-state index in [1.54, 1.807) is 42.5 Å². The van der Waals surface area contributed by atoms with Crippen molar-refractivity contribution in [3.05, 3.63) is 48.0 Å². The number of hydrogen-bond acceptors (Lipinski definition) is 5. The second-order valence-corrected chi connectivity index (χ2v) is 6.18. The molecular formula is C20H19N3O4. The number of benzene rings is 2. The van der Waals surface area contributed by atoms with Gasteiger partial charge in [-0.25, -0.2) is 0 Å². The van der Waals surface area contributed by atoms with Gasteiger partial charge in [-0.2, -0.15) is 5.26 Å². The third kappa shape index (κ3) is 4.18. The number of carbonyl (C=O) groups excluding carboxylic acids is 2. The van der Waals surface area contributed by atoms with Crippen molar-refractivity contribution in [1.29, 1.82) is 5.26 Å². The zero-order valence-electron chi connectivity index (χ0n) is 15.0. The highest BCUT2D eigenvalue weighted by molar-refractivity contribution is 6.03. The van der Waals surface area contributed by atoms with E-state index in [0.29, 0.717) is 34.9 Å². The first-order chi connectivity index (χ1) is 13.0. The van der Waals surface area contributed by atoms with E-state index < -0.39 is 0 Å². The molecule has 3 rings (SSSR count). The molecule has 0 bridgehead atoms. The summed E-state index contributed by atoms with van der Waals surface area (Å²) >= 11 is 0. The van der Waals surface area contributed by atoms with Gasteiger partial charge in [-0.15, -0.1) is 0 Å². The maximum atomic E-state index is 12.5. The second-order valence-electron chi connectivity index (χ2n) is 6.18. The zero-order valence-corrected chi connectivity index (χ0v) is 15.0. The van der Waals surface area contributed by atoms with Crippen LogP contribution in [0.15, 0.2) is 42.5 Å². The first kappa shape index (κ1) is 18.3. The van der Waals surface area contributed by atoms with Gasteiger partial charge < -0.3 is 20.1 Å². The number of rotatable bonds is 6. The molecule has 2 aromatic rings. The molecule has 2 N–H and O–H groups in total. The molecule has 0 spiro atoms. The Balaban J connectivity index is 1.60. The van der Waals surface area contributed by atoms with E-state index in [1.165, 1.54) is 14.2 Å². The molecule has 27 heavy (non-hydrogen) atoms. The molecule has 1 aliphatic rings. The topological polar surface area (TPSA) is 100 Å². The van der Waals surface area contributed by atoms with Crippen molar-refractivity contribution < 1.29 is 19.1 Å². The van der Waals surface area contributed by atoms with E-state index in [0.717, 1.165) is 0 Å². The lowest BCUT2D eigenvalue weighted by Crippen LogP contribution is -2.20. The van der Waals surface area contributed by atoms with Gasteiger partial charge in [0.15, 0.2) is 0 Å². The van der Waals surface area contributed by atoms with Crippen molar-refractivity contribution in [3.8, 4) is 17.6 Å². The van der Waals surface area contributed by atoms with Crippen molar-refractivity contribution in [2.75, 3.05) is 24.9 Å². The van der Waals surface area contributed by atoms with Gasteiger partial charge in [-0.05, 0) is 42.8 Å². The first-order valence-corrected chi connectivity index (χ1v) is 8.39. The summed E-state index contributed by atoms with van der Waals surface area (Å²) in [6.45, 7) is 0. The standard InChI is InChI=1S/C20H19N3O4/c1-26-14-7-8-18(27-2)17(9-14)23-20(25)16-10-15(16)19(24)22-13-5-3-12(11-21)4-6-13/h3-9,15-16H,10H2,1-2H3,(H,22,24)(H,23,25). The summed E-state index contributed by atoms with van der Waals surface area (Å²) in [7, 11) is 3.06. The van der Waals surface area contributed by atoms with E-state index in [9.17, 15) is 9.59 Å². The van der Waals surface area contributed by atoms with Crippen molar-refractivity contribution in [2.45, 2.75) is 6.42 Å². The summed E-state index contributed by atoms with van der Waals surface area (Å²) in [5.74, 6) is -0.101. The van der Waals surface area contributed by atoms with Crippen molar-refractivity contribution in [2.24, 2.45) is 11.8 Å². The summed E-state index contributed by atoms with van der Waals surface area (Å²) in [6.07, 6.45) is 0.486. The van der Waals surface area contributed by atoms with Crippen molar-refractivity contribution >= 4 is 23.2 Å². The zero-order chi connectivity index (χ0) is 19.4. The quantitative estimate of drug-likeness (QED) is 0.820. The van der Waals surface area contributed by atoms with Gasteiger partial charge in [-0.1, -0.05) is 0 Å². The minimum atomic E-state index is -0.390.